The van der Waals surface area contributed by atoms with Crippen LogP contribution in [0.1, 0.15) is 5.56 Å². The zero-order chi connectivity index (χ0) is 15.0. The Labute approximate surface area is 120 Å². The summed E-state index contributed by atoms with van der Waals surface area (Å²) in [5.74, 6) is 0.0780. The molecule has 0 aliphatic heterocycles. The zero-order valence-electron chi connectivity index (χ0n) is 11.3. The van der Waals surface area contributed by atoms with E-state index >= 15 is 0 Å². The third-order valence-corrected chi connectivity index (χ3v) is 3.06. The number of hydrogen-bond donors (Lipinski definition) is 2. The van der Waals surface area contributed by atoms with E-state index < -0.39 is 0 Å². The first-order valence-corrected chi connectivity index (χ1v) is 6.26. The van der Waals surface area contributed by atoms with Gasteiger partial charge in [0.15, 0.2) is 5.82 Å². The molecular formula is C14H13FN6. The second kappa shape index (κ2) is 4.86. The van der Waals surface area contributed by atoms with Crippen LogP contribution in [-0.4, -0.2) is 20.2 Å². The van der Waals surface area contributed by atoms with Crippen molar-refractivity contribution in [2.24, 2.45) is 0 Å². The van der Waals surface area contributed by atoms with E-state index in [0.29, 0.717) is 28.5 Å². The Hall–Kier alpha value is -2.96. The van der Waals surface area contributed by atoms with Crippen molar-refractivity contribution in [3.05, 3.63) is 47.8 Å². The Morgan fingerprint density at radius 3 is 2.62 bits per heavy atom. The van der Waals surface area contributed by atoms with Crippen molar-refractivity contribution in [3.8, 4) is 17.1 Å². The van der Waals surface area contributed by atoms with Crippen molar-refractivity contribution in [2.45, 2.75) is 6.92 Å². The summed E-state index contributed by atoms with van der Waals surface area (Å²) in [4.78, 5) is 0. The van der Waals surface area contributed by atoms with Crippen molar-refractivity contribution in [1.82, 2.24) is 20.2 Å². The van der Waals surface area contributed by atoms with Crippen LogP contribution in [0.25, 0.3) is 17.1 Å². The minimum Gasteiger partial charge on any atom is -0.399 e. The number of rotatable bonds is 2. The molecule has 6 nitrogen and oxygen atoms in total. The normalized spacial score (nSPS) is 10.8. The van der Waals surface area contributed by atoms with E-state index in [-0.39, 0.29) is 5.82 Å². The first-order chi connectivity index (χ1) is 10.0. The summed E-state index contributed by atoms with van der Waals surface area (Å²) in [6.07, 6.45) is 0. The molecule has 0 saturated heterocycles. The van der Waals surface area contributed by atoms with Crippen LogP contribution in [0.5, 0.6) is 0 Å². The summed E-state index contributed by atoms with van der Waals surface area (Å²) in [5.41, 5.74) is 14.6. The van der Waals surface area contributed by atoms with Crippen LogP contribution in [0.2, 0.25) is 0 Å². The first kappa shape index (κ1) is 13.0. The van der Waals surface area contributed by atoms with Crippen LogP contribution < -0.4 is 11.5 Å². The van der Waals surface area contributed by atoms with Gasteiger partial charge < -0.3 is 11.5 Å². The number of aryl methyl sites for hydroxylation is 1. The van der Waals surface area contributed by atoms with Crippen LogP contribution in [0.15, 0.2) is 36.4 Å². The van der Waals surface area contributed by atoms with E-state index in [1.54, 1.807) is 31.2 Å². The molecule has 3 rings (SSSR count). The Morgan fingerprint density at radius 2 is 1.90 bits per heavy atom. The molecule has 0 bridgehead atoms. The Morgan fingerprint density at radius 1 is 1.10 bits per heavy atom. The van der Waals surface area contributed by atoms with Gasteiger partial charge in [0, 0.05) is 16.9 Å². The van der Waals surface area contributed by atoms with E-state index in [0.717, 1.165) is 5.56 Å². The molecule has 0 atom stereocenters. The predicted octanol–water partition coefficient (Wildman–Crippen LogP) is 1.94. The van der Waals surface area contributed by atoms with Crippen molar-refractivity contribution < 1.29 is 4.39 Å². The number of halogens is 1. The molecule has 106 valence electrons. The van der Waals surface area contributed by atoms with E-state index in [1.165, 1.54) is 16.8 Å². The first-order valence-electron chi connectivity index (χ1n) is 6.26. The van der Waals surface area contributed by atoms with Gasteiger partial charge in [0.05, 0.1) is 5.69 Å². The zero-order valence-corrected chi connectivity index (χ0v) is 11.3. The van der Waals surface area contributed by atoms with Crippen LogP contribution >= 0.6 is 0 Å². The van der Waals surface area contributed by atoms with E-state index in [4.69, 9.17) is 11.5 Å². The number of hydrogen-bond acceptors (Lipinski definition) is 5. The lowest BCUT2D eigenvalue weighted by molar-refractivity contribution is 0.623. The molecule has 1 aromatic heterocycles. The fourth-order valence-corrected chi connectivity index (χ4v) is 2.15. The second-order valence-corrected chi connectivity index (χ2v) is 4.75. The van der Waals surface area contributed by atoms with Gasteiger partial charge in [-0.3, -0.25) is 0 Å². The highest BCUT2D eigenvalue weighted by Crippen LogP contribution is 2.27. The summed E-state index contributed by atoms with van der Waals surface area (Å²) in [5, 5.41) is 11.5. The van der Waals surface area contributed by atoms with Crippen LogP contribution in [0.4, 0.5) is 15.8 Å². The van der Waals surface area contributed by atoms with Gasteiger partial charge in [0.2, 0.25) is 0 Å². The maximum Gasteiger partial charge on any atom is 0.189 e. The lowest BCUT2D eigenvalue weighted by Crippen LogP contribution is -2.03. The number of nitrogen functional groups attached to an aromatic ring is 2. The Kier molecular flexibility index (Phi) is 3.02. The van der Waals surface area contributed by atoms with Crippen molar-refractivity contribution in [2.75, 3.05) is 11.5 Å². The molecular weight excluding hydrogens is 271 g/mol. The largest absolute Gasteiger partial charge is 0.399 e. The van der Waals surface area contributed by atoms with Gasteiger partial charge in [-0.2, -0.15) is 4.68 Å². The average Bonchev–Trinajstić information content (AvgIpc) is 2.86. The lowest BCUT2D eigenvalue weighted by Gasteiger charge is -2.08. The van der Waals surface area contributed by atoms with Gasteiger partial charge in [-0.1, -0.05) is 0 Å². The maximum atomic E-state index is 13.6. The molecule has 0 amide bonds. The minimum absolute atomic E-state index is 0.350. The summed E-state index contributed by atoms with van der Waals surface area (Å²) < 4.78 is 15.0. The van der Waals surface area contributed by atoms with Crippen LogP contribution in [0, 0.1) is 12.7 Å². The van der Waals surface area contributed by atoms with Gasteiger partial charge >= 0.3 is 0 Å². The number of aromatic nitrogens is 4. The molecule has 1 heterocycles. The quantitative estimate of drug-likeness (QED) is 0.701. The van der Waals surface area contributed by atoms with E-state index in [9.17, 15) is 4.39 Å². The third-order valence-electron chi connectivity index (χ3n) is 3.06. The predicted molar refractivity (Wildman–Crippen MR) is 78.1 cm³/mol. The second-order valence-electron chi connectivity index (χ2n) is 4.75. The molecule has 4 N–H and O–H groups in total. The molecule has 2 aromatic carbocycles. The Bertz CT molecular complexity index is 791. The summed E-state index contributed by atoms with van der Waals surface area (Å²) >= 11 is 0. The molecule has 21 heavy (non-hydrogen) atoms. The number of nitrogens with zero attached hydrogens (tertiary/aromatic N) is 4. The summed E-state index contributed by atoms with van der Waals surface area (Å²) in [6.45, 7) is 1.80. The van der Waals surface area contributed by atoms with Crippen molar-refractivity contribution >= 4 is 11.4 Å². The van der Waals surface area contributed by atoms with Gasteiger partial charge in [0.25, 0.3) is 0 Å². The monoisotopic (exact) mass is 284 g/mol. The molecule has 0 radical (unpaired) electrons. The highest BCUT2D eigenvalue weighted by atomic mass is 19.1. The molecule has 0 fully saturated rings. The van der Waals surface area contributed by atoms with Gasteiger partial charge in [0.1, 0.15) is 5.82 Å². The molecule has 0 saturated carbocycles. The molecule has 0 aliphatic carbocycles. The van der Waals surface area contributed by atoms with E-state index in [2.05, 4.69) is 15.5 Å². The molecule has 0 aliphatic rings. The summed E-state index contributed by atoms with van der Waals surface area (Å²) in [6, 6.07) is 9.66. The third kappa shape index (κ3) is 2.40. The number of nitrogens with two attached hydrogens (primary N) is 2. The fraction of sp³-hybridized carbons (Fsp3) is 0.0714. The van der Waals surface area contributed by atoms with Crippen molar-refractivity contribution in [3.63, 3.8) is 0 Å². The standard InChI is InChI=1S/C14H13FN6/c1-8-4-9(15)6-11(5-8)21-14(18-19-20-21)12-3-2-10(16)7-13(12)17/h2-7H,16-17H2,1H3. The molecule has 3 aromatic rings. The van der Waals surface area contributed by atoms with Gasteiger partial charge in [-0.25, -0.2) is 4.39 Å². The average molecular weight is 284 g/mol. The number of tetrazole rings is 1. The fourth-order valence-electron chi connectivity index (χ4n) is 2.15. The maximum absolute atomic E-state index is 13.6. The lowest BCUT2D eigenvalue weighted by atomic mass is 10.1. The van der Waals surface area contributed by atoms with Crippen LogP contribution in [0.3, 0.4) is 0 Å². The molecule has 0 unspecified atom stereocenters. The molecule has 7 heteroatoms. The number of benzene rings is 2. The minimum atomic E-state index is -0.350. The Balaban J connectivity index is 2.17. The highest BCUT2D eigenvalue weighted by molar-refractivity contribution is 5.75. The summed E-state index contributed by atoms with van der Waals surface area (Å²) in [7, 11) is 0. The smallest absolute Gasteiger partial charge is 0.189 e. The van der Waals surface area contributed by atoms with Gasteiger partial charge in [-0.15, -0.1) is 5.10 Å². The highest BCUT2D eigenvalue weighted by Gasteiger charge is 2.14. The van der Waals surface area contributed by atoms with E-state index in [1.807, 2.05) is 0 Å². The van der Waals surface area contributed by atoms with Crippen molar-refractivity contribution in [1.29, 1.82) is 0 Å². The number of anilines is 2. The van der Waals surface area contributed by atoms with Gasteiger partial charge in [-0.05, 0) is 59.3 Å². The molecule has 0 spiro atoms. The van der Waals surface area contributed by atoms with Crippen LogP contribution in [-0.2, 0) is 0 Å². The topological polar surface area (TPSA) is 95.6 Å². The SMILES string of the molecule is Cc1cc(F)cc(-n2nnnc2-c2ccc(N)cc2N)c1.